The first-order chi connectivity index (χ1) is 12.3. The molecule has 5 nitrogen and oxygen atoms in total. The Labute approximate surface area is 165 Å². The first-order valence-corrected chi connectivity index (χ1v) is 11.3. The lowest BCUT2D eigenvalue weighted by Gasteiger charge is -2.26. The third-order valence-electron chi connectivity index (χ3n) is 3.60. The molecule has 0 saturated carbocycles. The van der Waals surface area contributed by atoms with Gasteiger partial charge in [-0.15, -0.1) is 0 Å². The summed E-state index contributed by atoms with van der Waals surface area (Å²) < 4.78 is 15.9. The smallest absolute Gasteiger partial charge is 0.337 e. The molecule has 0 bridgehead atoms. The van der Waals surface area contributed by atoms with Crippen LogP contribution in [0.1, 0.15) is 44.1 Å². The van der Waals surface area contributed by atoms with E-state index in [9.17, 15) is 4.79 Å². The molecule has 1 aromatic rings. The first-order valence-electron chi connectivity index (χ1n) is 8.69. The fraction of sp³-hybridized carbons (Fsp3) is 0.632. The first kappa shape index (κ1) is 23.3. The number of benzene rings is 1. The zero-order valence-corrected chi connectivity index (χ0v) is 18.0. The number of carbonyl (C=O) groups excluding carboxylic acids is 1. The number of carbonyl (C=O) groups is 1. The second-order valence-corrected chi connectivity index (χ2v) is 9.64. The van der Waals surface area contributed by atoms with Crippen molar-refractivity contribution in [1.29, 1.82) is 0 Å². The van der Waals surface area contributed by atoms with E-state index in [1.54, 1.807) is 21.6 Å². The molecule has 0 saturated heterocycles. The van der Waals surface area contributed by atoms with Crippen molar-refractivity contribution in [3.8, 4) is 5.75 Å². The topological polar surface area (TPSA) is 70.8 Å². The van der Waals surface area contributed by atoms with Gasteiger partial charge in [0.2, 0.25) is 0 Å². The molecule has 1 aromatic carbocycles. The summed E-state index contributed by atoms with van der Waals surface area (Å²) in [5.41, 5.74) is 7.81. The van der Waals surface area contributed by atoms with Gasteiger partial charge in [0.15, 0.2) is 0 Å². The summed E-state index contributed by atoms with van der Waals surface area (Å²) in [6.45, 7) is 10.4. The lowest BCUT2D eigenvalue weighted by atomic mass is 9.83. The van der Waals surface area contributed by atoms with Crippen LogP contribution in [-0.2, 0) is 19.7 Å². The van der Waals surface area contributed by atoms with Crippen LogP contribution in [-0.4, -0.2) is 45.2 Å². The molecule has 0 aliphatic carbocycles. The van der Waals surface area contributed by atoms with E-state index >= 15 is 0 Å². The lowest BCUT2D eigenvalue weighted by Crippen LogP contribution is -2.19. The van der Waals surface area contributed by atoms with E-state index in [0.29, 0.717) is 37.4 Å². The standard InChI is InChI=1S/C19H31NO4S2/c1-14(26-25-5)16-12-15(6-7-17(16)19(2,3)4)24-18(21)13-23-11-10-22-9-8-20/h6-7,12,14H,8-11,13,20H2,1-5H3. The summed E-state index contributed by atoms with van der Waals surface area (Å²) in [6.07, 6.45) is 2.07. The van der Waals surface area contributed by atoms with Gasteiger partial charge in [0, 0.05) is 11.8 Å². The fourth-order valence-electron chi connectivity index (χ4n) is 2.44. The summed E-state index contributed by atoms with van der Waals surface area (Å²) in [5.74, 6) is 0.137. The van der Waals surface area contributed by atoms with E-state index in [0.717, 1.165) is 0 Å². The normalized spacial score (nSPS) is 12.8. The molecular formula is C19H31NO4S2. The Bertz CT molecular complexity index is 561. The third kappa shape index (κ3) is 8.31. The van der Waals surface area contributed by atoms with Crippen LogP contribution in [0.4, 0.5) is 0 Å². The van der Waals surface area contributed by atoms with Crippen molar-refractivity contribution < 1.29 is 19.0 Å². The van der Waals surface area contributed by atoms with E-state index < -0.39 is 5.97 Å². The Morgan fingerprint density at radius 3 is 2.50 bits per heavy atom. The number of ether oxygens (including phenoxy) is 3. The molecule has 148 valence electrons. The molecule has 7 heteroatoms. The van der Waals surface area contributed by atoms with E-state index in [1.807, 2.05) is 12.1 Å². The zero-order valence-electron chi connectivity index (χ0n) is 16.4. The van der Waals surface area contributed by atoms with Gasteiger partial charge in [-0.2, -0.15) is 0 Å². The number of nitrogens with two attached hydrogens (primary N) is 1. The van der Waals surface area contributed by atoms with Crippen molar-refractivity contribution in [1.82, 2.24) is 0 Å². The van der Waals surface area contributed by atoms with Gasteiger partial charge in [0.1, 0.15) is 12.4 Å². The van der Waals surface area contributed by atoms with Crippen molar-refractivity contribution in [3.05, 3.63) is 29.3 Å². The molecule has 0 amide bonds. The van der Waals surface area contributed by atoms with Crippen molar-refractivity contribution in [2.75, 3.05) is 39.2 Å². The Hall–Kier alpha value is -0.730. The highest BCUT2D eigenvalue weighted by molar-refractivity contribution is 8.76. The Balaban J connectivity index is 2.69. The van der Waals surface area contributed by atoms with Gasteiger partial charge in [-0.25, -0.2) is 4.79 Å². The van der Waals surface area contributed by atoms with E-state index in [1.165, 1.54) is 11.1 Å². The van der Waals surface area contributed by atoms with Gasteiger partial charge in [-0.1, -0.05) is 48.4 Å². The number of rotatable bonds is 11. The molecule has 1 rings (SSSR count). The maximum Gasteiger partial charge on any atom is 0.337 e. The van der Waals surface area contributed by atoms with Crippen molar-refractivity contribution >= 4 is 27.6 Å². The molecule has 1 unspecified atom stereocenters. The largest absolute Gasteiger partial charge is 0.425 e. The van der Waals surface area contributed by atoms with Crippen LogP contribution in [0.25, 0.3) is 0 Å². The molecule has 1 atom stereocenters. The van der Waals surface area contributed by atoms with Crippen LogP contribution in [0.3, 0.4) is 0 Å². The minimum atomic E-state index is -0.413. The highest BCUT2D eigenvalue weighted by atomic mass is 33.1. The molecule has 0 heterocycles. The van der Waals surface area contributed by atoms with Crippen molar-refractivity contribution in [2.24, 2.45) is 5.73 Å². The van der Waals surface area contributed by atoms with Gasteiger partial charge in [0.05, 0.1) is 19.8 Å². The monoisotopic (exact) mass is 401 g/mol. The number of hydrogen-bond donors (Lipinski definition) is 1. The minimum Gasteiger partial charge on any atom is -0.425 e. The predicted molar refractivity (Wildman–Crippen MR) is 111 cm³/mol. The maximum atomic E-state index is 12.0. The van der Waals surface area contributed by atoms with Crippen molar-refractivity contribution in [3.63, 3.8) is 0 Å². The van der Waals surface area contributed by atoms with E-state index in [2.05, 4.69) is 40.0 Å². The quantitative estimate of drug-likeness (QED) is 0.260. The summed E-state index contributed by atoms with van der Waals surface area (Å²) in [4.78, 5) is 12.0. The molecule has 0 aromatic heterocycles. The number of esters is 1. The number of hydrogen-bond acceptors (Lipinski definition) is 7. The molecule has 2 N–H and O–H groups in total. The zero-order chi connectivity index (χ0) is 19.6. The highest BCUT2D eigenvalue weighted by Gasteiger charge is 2.22. The minimum absolute atomic E-state index is 0.0255. The maximum absolute atomic E-state index is 12.0. The molecule has 0 aliphatic heterocycles. The second-order valence-electron chi connectivity index (χ2n) is 6.83. The fourth-order valence-corrected chi connectivity index (χ4v) is 4.20. The van der Waals surface area contributed by atoms with Gasteiger partial charge < -0.3 is 19.9 Å². The lowest BCUT2D eigenvalue weighted by molar-refractivity contribution is -0.140. The van der Waals surface area contributed by atoms with Crippen LogP contribution in [0.2, 0.25) is 0 Å². The molecule has 0 radical (unpaired) electrons. The molecule has 0 fully saturated rings. The van der Waals surface area contributed by atoms with Gasteiger partial charge in [-0.3, -0.25) is 0 Å². The van der Waals surface area contributed by atoms with Gasteiger partial charge >= 0.3 is 5.97 Å². The predicted octanol–water partition coefficient (Wildman–Crippen LogP) is 3.95. The second kappa shape index (κ2) is 11.9. The summed E-state index contributed by atoms with van der Waals surface area (Å²) in [6, 6.07) is 5.87. The molecular weight excluding hydrogens is 370 g/mol. The molecule has 26 heavy (non-hydrogen) atoms. The SMILES string of the molecule is CSSC(C)c1cc(OC(=O)COCCOCCN)ccc1C(C)(C)C. The van der Waals surface area contributed by atoms with Gasteiger partial charge in [0.25, 0.3) is 0 Å². The van der Waals surface area contributed by atoms with Crippen LogP contribution in [0.15, 0.2) is 18.2 Å². The van der Waals surface area contributed by atoms with Crippen LogP contribution < -0.4 is 10.5 Å². The van der Waals surface area contributed by atoms with Gasteiger partial charge in [-0.05, 0) is 41.9 Å². The third-order valence-corrected chi connectivity index (χ3v) is 5.77. The Kier molecular flexibility index (Phi) is 10.6. The summed E-state index contributed by atoms with van der Waals surface area (Å²) >= 11 is 0. The average Bonchev–Trinajstić information content (AvgIpc) is 2.57. The molecule has 0 spiro atoms. The van der Waals surface area contributed by atoms with Crippen LogP contribution >= 0.6 is 21.6 Å². The van der Waals surface area contributed by atoms with Crippen molar-refractivity contribution in [2.45, 2.75) is 38.4 Å². The molecule has 0 aliphatic rings. The Morgan fingerprint density at radius 2 is 1.88 bits per heavy atom. The van der Waals surface area contributed by atoms with Crippen LogP contribution in [0, 0.1) is 0 Å². The summed E-state index contributed by atoms with van der Waals surface area (Å²) in [7, 11) is 3.53. The van der Waals surface area contributed by atoms with E-state index in [-0.39, 0.29) is 12.0 Å². The Morgan fingerprint density at radius 1 is 1.19 bits per heavy atom. The summed E-state index contributed by atoms with van der Waals surface area (Å²) in [5, 5.41) is 0.300. The average molecular weight is 402 g/mol. The van der Waals surface area contributed by atoms with E-state index in [4.69, 9.17) is 19.9 Å². The van der Waals surface area contributed by atoms with Crippen LogP contribution in [0.5, 0.6) is 5.75 Å². The highest BCUT2D eigenvalue weighted by Crippen LogP contribution is 2.41.